The zero-order valence-corrected chi connectivity index (χ0v) is 13.3. The number of hydrogen-bond donors (Lipinski definition) is 1. The van der Waals surface area contributed by atoms with Gasteiger partial charge >= 0.3 is 0 Å². The standard InChI is InChI=1S/C16H33NO/c1-7-17-14(15(2,3)4)10-8-9-13-11-12-16(5,6)18-13/h13-14,17H,7-12H2,1-6H3. The summed E-state index contributed by atoms with van der Waals surface area (Å²) >= 11 is 0. The third-order valence-corrected chi connectivity index (χ3v) is 4.07. The monoisotopic (exact) mass is 255 g/mol. The van der Waals surface area contributed by atoms with E-state index < -0.39 is 0 Å². The van der Waals surface area contributed by atoms with Gasteiger partial charge in [-0.25, -0.2) is 0 Å². The molecule has 108 valence electrons. The summed E-state index contributed by atoms with van der Waals surface area (Å²) in [6.07, 6.45) is 6.72. The maximum absolute atomic E-state index is 6.06. The minimum absolute atomic E-state index is 0.121. The molecule has 1 saturated heterocycles. The van der Waals surface area contributed by atoms with Crippen LogP contribution in [0.2, 0.25) is 0 Å². The summed E-state index contributed by atoms with van der Waals surface area (Å²) in [5.41, 5.74) is 0.474. The van der Waals surface area contributed by atoms with Crippen LogP contribution in [0.15, 0.2) is 0 Å². The predicted octanol–water partition coefficient (Wildman–Crippen LogP) is 4.14. The number of nitrogens with one attached hydrogen (secondary N) is 1. The van der Waals surface area contributed by atoms with Gasteiger partial charge in [-0.3, -0.25) is 0 Å². The van der Waals surface area contributed by atoms with Crippen molar-refractivity contribution in [2.75, 3.05) is 6.54 Å². The Bertz CT molecular complexity index is 242. The molecular weight excluding hydrogens is 222 g/mol. The molecular formula is C16H33NO. The summed E-state index contributed by atoms with van der Waals surface area (Å²) in [4.78, 5) is 0. The summed E-state index contributed by atoms with van der Waals surface area (Å²) in [5.74, 6) is 0. The van der Waals surface area contributed by atoms with Crippen molar-refractivity contribution < 1.29 is 4.74 Å². The zero-order chi connectivity index (χ0) is 13.8. The Hall–Kier alpha value is -0.0800. The van der Waals surface area contributed by atoms with Gasteiger partial charge in [0.05, 0.1) is 11.7 Å². The lowest BCUT2D eigenvalue weighted by Gasteiger charge is -2.32. The highest BCUT2D eigenvalue weighted by atomic mass is 16.5. The van der Waals surface area contributed by atoms with Gasteiger partial charge in [0, 0.05) is 6.04 Å². The molecule has 1 heterocycles. The van der Waals surface area contributed by atoms with Crippen molar-refractivity contribution >= 4 is 0 Å². The second-order valence-electron chi connectivity index (χ2n) is 7.45. The van der Waals surface area contributed by atoms with E-state index in [-0.39, 0.29) is 5.60 Å². The van der Waals surface area contributed by atoms with E-state index in [0.29, 0.717) is 17.6 Å². The molecule has 2 atom stereocenters. The SMILES string of the molecule is CCNC(CCCC1CCC(C)(C)O1)C(C)(C)C. The summed E-state index contributed by atoms with van der Waals surface area (Å²) < 4.78 is 6.06. The molecule has 0 bridgehead atoms. The fourth-order valence-electron chi connectivity index (χ4n) is 2.92. The molecule has 1 fully saturated rings. The van der Waals surface area contributed by atoms with Crippen LogP contribution in [0.3, 0.4) is 0 Å². The lowest BCUT2D eigenvalue weighted by atomic mass is 9.83. The van der Waals surface area contributed by atoms with Crippen LogP contribution >= 0.6 is 0 Å². The molecule has 0 radical (unpaired) electrons. The van der Waals surface area contributed by atoms with Crippen LogP contribution < -0.4 is 5.32 Å². The predicted molar refractivity (Wildman–Crippen MR) is 79.0 cm³/mol. The first-order valence-corrected chi connectivity index (χ1v) is 7.66. The summed E-state index contributed by atoms with van der Waals surface area (Å²) in [5, 5.41) is 3.62. The minimum Gasteiger partial charge on any atom is -0.372 e. The number of rotatable bonds is 6. The maximum Gasteiger partial charge on any atom is 0.0631 e. The first-order valence-electron chi connectivity index (χ1n) is 7.66. The topological polar surface area (TPSA) is 21.3 Å². The summed E-state index contributed by atoms with van der Waals surface area (Å²) in [6, 6.07) is 0.622. The third-order valence-electron chi connectivity index (χ3n) is 4.07. The molecule has 18 heavy (non-hydrogen) atoms. The highest BCUT2D eigenvalue weighted by molar-refractivity contribution is 4.83. The summed E-state index contributed by atoms with van der Waals surface area (Å²) in [7, 11) is 0. The normalized spacial score (nSPS) is 25.3. The first kappa shape index (κ1) is 16.0. The van der Waals surface area contributed by atoms with Crippen molar-refractivity contribution in [2.24, 2.45) is 5.41 Å². The Morgan fingerprint density at radius 2 is 2.00 bits per heavy atom. The fraction of sp³-hybridized carbons (Fsp3) is 1.00. The van der Waals surface area contributed by atoms with E-state index in [1.54, 1.807) is 0 Å². The molecule has 0 aromatic rings. The second-order valence-corrected chi connectivity index (χ2v) is 7.45. The lowest BCUT2D eigenvalue weighted by Crippen LogP contribution is -2.40. The van der Waals surface area contributed by atoms with Gasteiger partial charge in [-0.1, -0.05) is 27.7 Å². The van der Waals surface area contributed by atoms with Gasteiger partial charge in [0.25, 0.3) is 0 Å². The van der Waals surface area contributed by atoms with Gasteiger partial charge in [0.1, 0.15) is 0 Å². The minimum atomic E-state index is 0.121. The summed E-state index contributed by atoms with van der Waals surface area (Å²) in [6.45, 7) is 14.7. The van der Waals surface area contributed by atoms with Crippen LogP contribution in [0.5, 0.6) is 0 Å². The van der Waals surface area contributed by atoms with Crippen molar-refractivity contribution in [1.82, 2.24) is 5.32 Å². The van der Waals surface area contributed by atoms with Crippen molar-refractivity contribution in [3.05, 3.63) is 0 Å². The number of hydrogen-bond acceptors (Lipinski definition) is 2. The van der Waals surface area contributed by atoms with Crippen LogP contribution in [-0.4, -0.2) is 24.3 Å². The van der Waals surface area contributed by atoms with Gasteiger partial charge in [-0.05, 0) is 57.9 Å². The van der Waals surface area contributed by atoms with Crippen molar-refractivity contribution in [3.8, 4) is 0 Å². The Morgan fingerprint density at radius 3 is 2.44 bits per heavy atom. The first-order chi connectivity index (χ1) is 8.24. The Kier molecular flexibility index (Phi) is 5.67. The molecule has 2 heteroatoms. The second kappa shape index (κ2) is 6.38. The van der Waals surface area contributed by atoms with Crippen LogP contribution in [0.1, 0.15) is 73.6 Å². The average molecular weight is 255 g/mol. The molecule has 0 aliphatic carbocycles. The van der Waals surface area contributed by atoms with Crippen LogP contribution in [0.25, 0.3) is 0 Å². The molecule has 2 nitrogen and oxygen atoms in total. The fourth-order valence-corrected chi connectivity index (χ4v) is 2.92. The van der Waals surface area contributed by atoms with Crippen LogP contribution in [-0.2, 0) is 4.74 Å². The third kappa shape index (κ3) is 5.27. The van der Waals surface area contributed by atoms with Gasteiger partial charge in [0.15, 0.2) is 0 Å². The largest absolute Gasteiger partial charge is 0.372 e. The Balaban J connectivity index is 2.27. The van der Waals surface area contributed by atoms with E-state index >= 15 is 0 Å². The highest BCUT2D eigenvalue weighted by Gasteiger charge is 2.31. The molecule has 0 saturated carbocycles. The molecule has 0 aromatic carbocycles. The van der Waals surface area contributed by atoms with E-state index in [4.69, 9.17) is 4.74 Å². The molecule has 0 spiro atoms. The lowest BCUT2D eigenvalue weighted by molar-refractivity contribution is -0.0196. The van der Waals surface area contributed by atoms with E-state index in [0.717, 1.165) is 6.54 Å². The van der Waals surface area contributed by atoms with E-state index in [1.807, 2.05) is 0 Å². The van der Waals surface area contributed by atoms with Crippen molar-refractivity contribution in [1.29, 1.82) is 0 Å². The molecule has 1 aliphatic heterocycles. The Labute approximate surface area is 114 Å². The van der Waals surface area contributed by atoms with Gasteiger partial charge in [-0.2, -0.15) is 0 Å². The molecule has 0 aromatic heterocycles. The maximum atomic E-state index is 6.06. The van der Waals surface area contributed by atoms with Crippen molar-refractivity contribution in [2.45, 2.75) is 91.4 Å². The van der Waals surface area contributed by atoms with E-state index in [2.05, 4.69) is 46.9 Å². The van der Waals surface area contributed by atoms with E-state index in [1.165, 1.54) is 32.1 Å². The van der Waals surface area contributed by atoms with Crippen LogP contribution in [0, 0.1) is 5.41 Å². The van der Waals surface area contributed by atoms with Gasteiger partial charge in [-0.15, -0.1) is 0 Å². The Morgan fingerprint density at radius 1 is 1.33 bits per heavy atom. The molecule has 0 amide bonds. The number of ether oxygens (including phenoxy) is 1. The molecule has 2 unspecified atom stereocenters. The van der Waals surface area contributed by atoms with Crippen LogP contribution in [0.4, 0.5) is 0 Å². The van der Waals surface area contributed by atoms with Crippen molar-refractivity contribution in [3.63, 3.8) is 0 Å². The smallest absolute Gasteiger partial charge is 0.0631 e. The van der Waals surface area contributed by atoms with E-state index in [9.17, 15) is 0 Å². The molecule has 1 aliphatic rings. The van der Waals surface area contributed by atoms with Gasteiger partial charge < -0.3 is 10.1 Å². The zero-order valence-electron chi connectivity index (χ0n) is 13.3. The molecule has 1 N–H and O–H groups in total. The van der Waals surface area contributed by atoms with Gasteiger partial charge in [0.2, 0.25) is 0 Å². The highest BCUT2D eigenvalue weighted by Crippen LogP contribution is 2.32. The molecule has 1 rings (SSSR count). The quantitative estimate of drug-likeness (QED) is 0.770. The average Bonchev–Trinajstić information content (AvgIpc) is 2.55.